The minimum Gasteiger partial charge on any atom is -0.439 e. The lowest BCUT2D eigenvalue weighted by Gasteiger charge is -2.11. The molecule has 0 aliphatic rings. The van der Waals surface area contributed by atoms with E-state index in [4.69, 9.17) is 4.74 Å². The smallest absolute Gasteiger partial charge is 0.219 e. The van der Waals surface area contributed by atoms with Crippen LogP contribution in [0, 0.1) is 19.8 Å². The normalized spacial score (nSPS) is 10.9. The molecule has 1 N–H and O–H groups in total. The van der Waals surface area contributed by atoms with Crippen LogP contribution >= 0.6 is 0 Å². The van der Waals surface area contributed by atoms with Crippen LogP contribution in [0.25, 0.3) is 0 Å². The number of nitrogens with zero attached hydrogens (tertiary/aromatic N) is 1. The molecule has 0 fully saturated rings. The lowest BCUT2D eigenvalue weighted by atomic mass is 10.2. The Morgan fingerprint density at radius 1 is 1.14 bits per heavy atom. The summed E-state index contributed by atoms with van der Waals surface area (Å²) in [4.78, 5) is 4.45. The number of aryl methyl sites for hydroxylation is 2. The van der Waals surface area contributed by atoms with Gasteiger partial charge in [0.1, 0.15) is 5.75 Å². The third-order valence-corrected chi connectivity index (χ3v) is 3.08. The third kappa shape index (κ3) is 5.20. The number of benzene rings is 1. The Morgan fingerprint density at radius 3 is 2.67 bits per heavy atom. The van der Waals surface area contributed by atoms with E-state index >= 15 is 0 Å². The molecule has 0 saturated heterocycles. The van der Waals surface area contributed by atoms with E-state index in [-0.39, 0.29) is 0 Å². The van der Waals surface area contributed by atoms with Gasteiger partial charge in [0.25, 0.3) is 0 Å². The van der Waals surface area contributed by atoms with Gasteiger partial charge in [0.2, 0.25) is 5.88 Å². The van der Waals surface area contributed by atoms with Crippen LogP contribution in [0.4, 0.5) is 0 Å². The first kappa shape index (κ1) is 15.5. The molecule has 0 unspecified atom stereocenters. The number of aromatic nitrogens is 1. The number of hydrogen-bond donors (Lipinski definition) is 1. The first-order valence-electron chi connectivity index (χ1n) is 7.46. The quantitative estimate of drug-likeness (QED) is 0.861. The highest BCUT2D eigenvalue weighted by molar-refractivity contribution is 5.33. The molecule has 0 amide bonds. The van der Waals surface area contributed by atoms with Crippen LogP contribution in [0.3, 0.4) is 0 Å². The fourth-order valence-electron chi connectivity index (χ4n) is 2.17. The van der Waals surface area contributed by atoms with Crippen LogP contribution < -0.4 is 10.1 Å². The summed E-state index contributed by atoms with van der Waals surface area (Å²) >= 11 is 0. The maximum absolute atomic E-state index is 5.87. The van der Waals surface area contributed by atoms with Crippen LogP contribution in [0.1, 0.15) is 30.7 Å². The third-order valence-electron chi connectivity index (χ3n) is 3.08. The number of nitrogens with one attached hydrogen (secondary N) is 1. The Hall–Kier alpha value is -1.87. The molecular formula is C18H24N2O. The average molecular weight is 284 g/mol. The number of pyridine rings is 1. The first-order valence-corrected chi connectivity index (χ1v) is 7.46. The zero-order valence-corrected chi connectivity index (χ0v) is 13.3. The Kier molecular flexibility index (Phi) is 5.34. The fraction of sp³-hybridized carbons (Fsp3) is 0.389. The molecule has 112 valence electrons. The molecule has 3 nitrogen and oxygen atoms in total. The van der Waals surface area contributed by atoms with Crippen LogP contribution in [0.15, 0.2) is 36.4 Å². The van der Waals surface area contributed by atoms with E-state index in [9.17, 15) is 0 Å². The van der Waals surface area contributed by atoms with Crippen molar-refractivity contribution in [2.24, 2.45) is 5.92 Å². The molecule has 1 aromatic heterocycles. The topological polar surface area (TPSA) is 34.1 Å². The minimum absolute atomic E-state index is 0.649. The maximum atomic E-state index is 5.87. The Balaban J connectivity index is 2.07. The fourth-order valence-corrected chi connectivity index (χ4v) is 2.17. The lowest BCUT2D eigenvalue weighted by molar-refractivity contribution is 0.459. The van der Waals surface area contributed by atoms with Crippen molar-refractivity contribution in [3.8, 4) is 11.6 Å². The Bertz CT molecular complexity index is 594. The van der Waals surface area contributed by atoms with E-state index in [2.05, 4.69) is 43.2 Å². The Labute approximate surface area is 127 Å². The van der Waals surface area contributed by atoms with E-state index in [1.165, 1.54) is 11.1 Å². The lowest BCUT2D eigenvalue weighted by Crippen LogP contribution is -2.19. The molecule has 0 aliphatic heterocycles. The van der Waals surface area contributed by atoms with Crippen LogP contribution in [-0.2, 0) is 6.54 Å². The predicted molar refractivity (Wildman–Crippen MR) is 86.8 cm³/mol. The van der Waals surface area contributed by atoms with E-state index < -0.39 is 0 Å². The van der Waals surface area contributed by atoms with Crippen LogP contribution in [0.5, 0.6) is 11.6 Å². The molecular weight excluding hydrogens is 260 g/mol. The molecule has 0 spiro atoms. The average Bonchev–Trinajstić information content (AvgIpc) is 2.37. The highest BCUT2D eigenvalue weighted by Gasteiger charge is 2.04. The van der Waals surface area contributed by atoms with Crippen molar-refractivity contribution in [2.75, 3.05) is 6.54 Å². The first-order chi connectivity index (χ1) is 10.0. The van der Waals surface area contributed by atoms with Crippen LogP contribution in [0.2, 0.25) is 0 Å². The molecule has 2 rings (SSSR count). The Morgan fingerprint density at radius 2 is 1.95 bits per heavy atom. The van der Waals surface area contributed by atoms with Crippen molar-refractivity contribution < 1.29 is 4.74 Å². The second-order valence-electron chi connectivity index (χ2n) is 5.90. The number of rotatable bonds is 6. The molecule has 3 heteroatoms. The summed E-state index contributed by atoms with van der Waals surface area (Å²) in [5, 5.41) is 3.45. The number of ether oxygens (including phenoxy) is 1. The molecule has 0 aliphatic carbocycles. The summed E-state index contributed by atoms with van der Waals surface area (Å²) in [5.41, 5.74) is 3.35. The van der Waals surface area contributed by atoms with Gasteiger partial charge in [-0.2, -0.15) is 0 Å². The van der Waals surface area contributed by atoms with Gasteiger partial charge in [0.05, 0.1) is 0 Å². The minimum atomic E-state index is 0.649. The van der Waals surface area contributed by atoms with Crippen molar-refractivity contribution in [2.45, 2.75) is 34.2 Å². The molecule has 1 heterocycles. The SMILES string of the molecule is Cc1cccc(Oc2cc(CNCC(C)C)cc(C)n2)c1. The predicted octanol–water partition coefficient (Wildman–Crippen LogP) is 4.24. The van der Waals surface area contributed by atoms with E-state index in [1.54, 1.807) is 0 Å². The summed E-state index contributed by atoms with van der Waals surface area (Å²) in [6.45, 7) is 10.3. The highest BCUT2D eigenvalue weighted by Crippen LogP contribution is 2.22. The second-order valence-corrected chi connectivity index (χ2v) is 5.90. The van der Waals surface area contributed by atoms with Gasteiger partial charge in [-0.3, -0.25) is 0 Å². The van der Waals surface area contributed by atoms with E-state index in [0.717, 1.165) is 24.5 Å². The standard InChI is InChI=1S/C18H24N2O/c1-13(2)11-19-12-16-9-15(4)20-18(10-16)21-17-7-5-6-14(3)8-17/h5-10,13,19H,11-12H2,1-4H3. The van der Waals surface area contributed by atoms with E-state index in [0.29, 0.717) is 11.8 Å². The summed E-state index contributed by atoms with van der Waals surface area (Å²) in [6, 6.07) is 12.1. The van der Waals surface area contributed by atoms with Crippen molar-refractivity contribution in [1.82, 2.24) is 10.3 Å². The molecule has 1 aromatic carbocycles. The summed E-state index contributed by atoms with van der Waals surface area (Å²) in [5.74, 6) is 2.13. The summed E-state index contributed by atoms with van der Waals surface area (Å²) in [6.07, 6.45) is 0. The monoisotopic (exact) mass is 284 g/mol. The van der Waals surface area contributed by atoms with Crippen molar-refractivity contribution >= 4 is 0 Å². The van der Waals surface area contributed by atoms with Gasteiger partial charge >= 0.3 is 0 Å². The molecule has 21 heavy (non-hydrogen) atoms. The van der Waals surface area contributed by atoms with Crippen LogP contribution in [-0.4, -0.2) is 11.5 Å². The van der Waals surface area contributed by atoms with E-state index in [1.807, 2.05) is 31.2 Å². The van der Waals surface area contributed by atoms with Crippen molar-refractivity contribution in [3.63, 3.8) is 0 Å². The zero-order valence-electron chi connectivity index (χ0n) is 13.3. The summed E-state index contributed by atoms with van der Waals surface area (Å²) in [7, 11) is 0. The molecule has 0 atom stereocenters. The zero-order chi connectivity index (χ0) is 15.2. The van der Waals surface area contributed by atoms with Gasteiger partial charge in [-0.15, -0.1) is 0 Å². The van der Waals surface area contributed by atoms with Gasteiger partial charge in [0, 0.05) is 18.3 Å². The van der Waals surface area contributed by atoms with Gasteiger partial charge in [-0.25, -0.2) is 4.98 Å². The second kappa shape index (κ2) is 7.23. The molecule has 0 bridgehead atoms. The van der Waals surface area contributed by atoms with Gasteiger partial charge in [0.15, 0.2) is 0 Å². The van der Waals surface area contributed by atoms with Gasteiger partial charge < -0.3 is 10.1 Å². The highest BCUT2D eigenvalue weighted by atomic mass is 16.5. The summed E-state index contributed by atoms with van der Waals surface area (Å²) < 4.78 is 5.87. The van der Waals surface area contributed by atoms with Gasteiger partial charge in [-0.05, 0) is 55.6 Å². The van der Waals surface area contributed by atoms with Gasteiger partial charge in [-0.1, -0.05) is 26.0 Å². The molecule has 2 aromatic rings. The largest absolute Gasteiger partial charge is 0.439 e. The van der Waals surface area contributed by atoms with Crippen molar-refractivity contribution in [3.05, 3.63) is 53.2 Å². The van der Waals surface area contributed by atoms with Crippen molar-refractivity contribution in [1.29, 1.82) is 0 Å². The molecule has 0 saturated carbocycles. The maximum Gasteiger partial charge on any atom is 0.219 e. The molecule has 0 radical (unpaired) electrons. The number of hydrogen-bond acceptors (Lipinski definition) is 3.